The van der Waals surface area contributed by atoms with Gasteiger partial charge >= 0.3 is 0 Å². The molecule has 0 saturated heterocycles. The monoisotopic (exact) mass is 1120 g/mol. The van der Waals surface area contributed by atoms with E-state index in [-0.39, 0.29) is 96.7 Å². The first-order valence-corrected chi connectivity index (χ1v) is 32.3. The Bertz CT molecular complexity index is 2530. The van der Waals surface area contributed by atoms with E-state index < -0.39 is 0 Å². The fourth-order valence-electron chi connectivity index (χ4n) is 14.2. The summed E-state index contributed by atoms with van der Waals surface area (Å²) in [6.45, 7) is 74.0. The summed E-state index contributed by atoms with van der Waals surface area (Å²) in [6.07, 6.45) is 0. The van der Waals surface area contributed by atoms with E-state index in [1.807, 2.05) is 0 Å². The Labute approximate surface area is 499 Å². The van der Waals surface area contributed by atoms with Crippen LogP contribution < -0.4 is 60.6 Å². The molecule has 12 heteroatoms. The van der Waals surface area contributed by atoms with Crippen LogP contribution in [-0.2, 0) is 0 Å². The van der Waals surface area contributed by atoms with E-state index in [2.05, 4.69) is 285 Å². The van der Waals surface area contributed by atoms with Crippen LogP contribution in [0.3, 0.4) is 0 Å². The molecule has 12 nitrogen and oxygen atoms in total. The number of nitrogens with zero attached hydrogens (tertiary/aromatic N) is 12. The zero-order chi connectivity index (χ0) is 61.9. The molecule has 6 aromatic rings. The first-order chi connectivity index (χ1) is 38.0. The van der Waals surface area contributed by atoms with Crippen LogP contribution >= 0.6 is 0 Å². The van der Waals surface area contributed by atoms with Crippen molar-refractivity contribution in [1.82, 2.24) is 0 Å². The molecule has 0 aliphatic rings. The van der Waals surface area contributed by atoms with Crippen molar-refractivity contribution in [3.63, 3.8) is 0 Å². The van der Waals surface area contributed by atoms with Crippen molar-refractivity contribution in [3.8, 4) is 0 Å². The Balaban J connectivity index is 1.97. The smallest absolute Gasteiger partial charge is 0.115 e. The third-order valence-corrected chi connectivity index (χ3v) is 16.4. The van der Waals surface area contributed by atoms with Gasteiger partial charge in [0.1, 0.15) is 21.4 Å². The van der Waals surface area contributed by atoms with Crippen LogP contribution in [0.15, 0.2) is 44.2 Å². The lowest BCUT2D eigenvalue weighted by Crippen LogP contribution is -2.38. The molecule has 0 radical (unpaired) electrons. The van der Waals surface area contributed by atoms with Gasteiger partial charge in [-0.25, -0.2) is 20.0 Å². The summed E-state index contributed by atoms with van der Waals surface area (Å²) in [5.74, 6) is 0. The molecule has 0 heterocycles. The summed E-state index contributed by atoms with van der Waals surface area (Å²) in [6, 6.07) is 13.3. The van der Waals surface area contributed by atoms with Crippen LogP contribution in [0.25, 0.3) is 10.8 Å². The van der Waals surface area contributed by atoms with Crippen LogP contribution in [0.1, 0.15) is 222 Å². The number of anilines is 8. The maximum Gasteiger partial charge on any atom is 0.115 e. The van der Waals surface area contributed by atoms with Crippen molar-refractivity contribution in [1.29, 1.82) is 0 Å². The van der Waals surface area contributed by atoms with Gasteiger partial charge in [-0.05, 0) is 246 Å². The first-order valence-electron chi connectivity index (χ1n) is 32.3. The minimum absolute atomic E-state index is 0.273. The van der Waals surface area contributed by atoms with E-state index in [9.17, 15) is 0 Å². The molecule has 82 heavy (non-hydrogen) atoms. The van der Waals surface area contributed by atoms with Gasteiger partial charge < -0.3 is 39.2 Å². The largest absolute Gasteiger partial charge is 0.363 e. The van der Waals surface area contributed by atoms with Crippen molar-refractivity contribution in [2.24, 2.45) is 20.0 Å². The van der Waals surface area contributed by atoms with Gasteiger partial charge in [-0.2, -0.15) is 0 Å². The van der Waals surface area contributed by atoms with E-state index >= 15 is 0 Å². The topological polar surface area (TPSA) is 75.4 Å². The van der Waals surface area contributed by atoms with Gasteiger partial charge in [0.2, 0.25) is 0 Å². The Kier molecular flexibility index (Phi) is 20.5. The molecule has 0 amide bonds. The van der Waals surface area contributed by atoms with E-state index in [1.54, 1.807) is 0 Å². The lowest BCUT2D eigenvalue weighted by molar-refractivity contribution is 0.598. The Morgan fingerprint density at radius 2 is 0.280 bits per heavy atom. The van der Waals surface area contributed by atoms with E-state index in [0.29, 0.717) is 0 Å². The SMILES string of the molecule is CC(C)N(c1c(N(C(C)C)C(C)C)c1=Nc1ccc(N=c2c(N(C(C)C)C(C)C)c2N(C(C)C)C(C)C)c2c(N=c3c(N(C(C)C)C(C)C)c3N(C(C)C)C(C)C)ccc(N=c3c(N(C(C)C)C(C)C)c3N(C(C)C)C(C)C)c12)C(C)C. The second-order valence-corrected chi connectivity index (χ2v) is 28.3. The molecule has 456 valence electrons. The third kappa shape index (κ3) is 13.0. The highest BCUT2D eigenvalue weighted by Crippen LogP contribution is 2.50. The van der Waals surface area contributed by atoms with Crippen molar-refractivity contribution in [2.75, 3.05) is 39.2 Å². The molecule has 6 rings (SSSR count). The predicted molar refractivity (Wildman–Crippen MR) is 362 cm³/mol. The summed E-state index contributed by atoms with van der Waals surface area (Å²) in [7, 11) is 0. The van der Waals surface area contributed by atoms with E-state index in [0.717, 1.165) is 55.0 Å². The predicted octanol–water partition coefficient (Wildman–Crippen LogP) is 16.3. The summed E-state index contributed by atoms with van der Waals surface area (Å²) < 4.78 is 0. The minimum Gasteiger partial charge on any atom is -0.363 e. The standard InChI is InChI=1S/C70H116N12/c1-37(2)75(38(3)4)63-59(64(63)76(39(5)6)40(7)8)71-53-33-34-55(73-61-67(79(45(17)18)46(19)20)68(61)80(47(21)22)48(23)24)58-56(74-62-69(81(49(25)26)50(27)28)70(62)82(51(29)30)52(31)32)36-35-54(57(53)58)72-60-65(77(41(9)10)42(11)12)66(60)78(43(13)14)44(15)16/h33-52H,1-32H3. The number of fused-ring (bicyclic) bond motifs is 1. The van der Waals surface area contributed by atoms with E-state index in [4.69, 9.17) is 20.0 Å². The van der Waals surface area contributed by atoms with Gasteiger partial charge in [-0.15, -0.1) is 0 Å². The van der Waals surface area contributed by atoms with Crippen LogP contribution in [0.2, 0.25) is 0 Å². The molecule has 0 aliphatic heterocycles. The van der Waals surface area contributed by atoms with Gasteiger partial charge in [0.25, 0.3) is 0 Å². The summed E-state index contributed by atoms with van der Waals surface area (Å²) in [5.41, 5.74) is 13.4. The molecule has 0 fully saturated rings. The maximum atomic E-state index is 5.98. The number of rotatable bonds is 28. The van der Waals surface area contributed by atoms with Crippen LogP contribution in [-0.4, -0.2) is 96.7 Å². The van der Waals surface area contributed by atoms with Gasteiger partial charge in [-0.3, -0.25) is 0 Å². The van der Waals surface area contributed by atoms with Crippen molar-refractivity contribution in [3.05, 3.63) is 45.7 Å². The quantitative estimate of drug-likeness (QED) is 0.0481. The highest BCUT2D eigenvalue weighted by molar-refractivity contribution is 6.13. The van der Waals surface area contributed by atoms with Gasteiger partial charge in [0, 0.05) is 107 Å². The first kappa shape index (κ1) is 65.9. The van der Waals surface area contributed by atoms with Crippen LogP contribution in [0, 0.1) is 0 Å². The Hall–Kier alpha value is -5.26. The molecular weight excluding hydrogens is 1010 g/mol. The Morgan fingerprint density at radius 1 is 0.183 bits per heavy atom. The summed E-state index contributed by atoms with van der Waals surface area (Å²) >= 11 is 0. The molecule has 0 unspecified atom stereocenters. The molecule has 0 saturated carbocycles. The number of hydrogen-bond acceptors (Lipinski definition) is 12. The molecule has 0 aliphatic carbocycles. The van der Waals surface area contributed by atoms with Crippen molar-refractivity contribution in [2.45, 2.75) is 318 Å². The highest BCUT2D eigenvalue weighted by atomic mass is 15.3. The number of hydrogen-bond donors (Lipinski definition) is 0. The van der Waals surface area contributed by atoms with Crippen LogP contribution in [0.4, 0.5) is 68.2 Å². The highest BCUT2D eigenvalue weighted by Gasteiger charge is 2.40. The third-order valence-electron chi connectivity index (χ3n) is 16.4. The second-order valence-electron chi connectivity index (χ2n) is 28.3. The average molecular weight is 1130 g/mol. The zero-order valence-electron chi connectivity index (χ0n) is 57.9. The molecule has 6 aromatic carbocycles. The summed E-state index contributed by atoms with van der Waals surface area (Å²) in [5, 5.41) is 6.14. The maximum absolute atomic E-state index is 5.98. The van der Waals surface area contributed by atoms with Gasteiger partial charge in [0.05, 0.1) is 68.2 Å². The molecule has 0 spiro atoms. The zero-order valence-corrected chi connectivity index (χ0v) is 57.9. The minimum atomic E-state index is 0.273. The lowest BCUT2D eigenvalue weighted by atomic mass is 10.0. The Morgan fingerprint density at radius 3 is 0.366 bits per heavy atom. The molecule has 0 N–H and O–H groups in total. The fraction of sp³-hybridized carbons (Fsp3) is 0.686. The molecular formula is C70H116N12. The molecule has 0 atom stereocenters. The summed E-state index contributed by atoms with van der Waals surface area (Å²) in [4.78, 5) is 44.4. The average Bonchev–Trinajstić information content (AvgIpc) is 3.16. The molecule has 0 bridgehead atoms. The second kappa shape index (κ2) is 25.5. The van der Waals surface area contributed by atoms with Gasteiger partial charge in [0.15, 0.2) is 0 Å². The normalized spacial score (nSPS) is 12.9. The van der Waals surface area contributed by atoms with Crippen molar-refractivity contribution < 1.29 is 0 Å². The van der Waals surface area contributed by atoms with E-state index in [1.165, 1.54) is 45.5 Å². The van der Waals surface area contributed by atoms with Gasteiger partial charge in [-0.1, -0.05) is 0 Å². The van der Waals surface area contributed by atoms with Crippen LogP contribution in [0.5, 0.6) is 0 Å². The molecule has 0 aromatic heterocycles. The lowest BCUT2D eigenvalue weighted by Gasteiger charge is -2.33. The van der Waals surface area contributed by atoms with Crippen molar-refractivity contribution >= 4 is 79.0 Å². The fourth-order valence-corrected chi connectivity index (χ4v) is 14.2. The number of benzene rings is 2.